The number of nitrogens with one attached hydrogen (secondary N) is 1. The van der Waals surface area contributed by atoms with E-state index in [0.717, 1.165) is 4.57 Å². The van der Waals surface area contributed by atoms with E-state index in [4.69, 9.17) is 20.9 Å². The van der Waals surface area contributed by atoms with Crippen LogP contribution < -0.4 is 21.4 Å². The Hall–Kier alpha value is -4.39. The predicted molar refractivity (Wildman–Crippen MR) is 130 cm³/mol. The van der Waals surface area contributed by atoms with Crippen LogP contribution in [-0.4, -0.2) is 31.2 Å². The first kappa shape index (κ1) is 26.7. The van der Waals surface area contributed by atoms with E-state index in [9.17, 15) is 27.6 Å². The fourth-order valence-electron chi connectivity index (χ4n) is 3.32. The minimum Gasteiger partial charge on any atom is -0.436 e. The summed E-state index contributed by atoms with van der Waals surface area (Å²) in [5.74, 6) is -0.384. The molecule has 0 unspecified atom stereocenters. The van der Waals surface area contributed by atoms with Gasteiger partial charge in [-0.05, 0) is 47.1 Å². The third-order valence-corrected chi connectivity index (χ3v) is 5.42. The molecule has 38 heavy (non-hydrogen) atoms. The quantitative estimate of drug-likeness (QED) is 0.306. The Bertz CT molecular complexity index is 1520. The number of alkyl halides is 3. The molecular formula is C24H19ClF3N5O5. The molecule has 0 saturated carbocycles. The van der Waals surface area contributed by atoms with Gasteiger partial charge in [0.25, 0.3) is 5.88 Å². The largest absolute Gasteiger partial charge is 0.436 e. The summed E-state index contributed by atoms with van der Waals surface area (Å²) < 4.78 is 49.3. The van der Waals surface area contributed by atoms with Crippen LogP contribution in [-0.2, 0) is 17.9 Å². The van der Waals surface area contributed by atoms with Crippen LogP contribution in [0.5, 0.6) is 11.6 Å². The number of rotatable bonds is 10. The molecule has 0 fully saturated rings. The average Bonchev–Trinajstić information content (AvgIpc) is 3.38. The SMILES string of the molecule is O=C(CCC(F)(F)F)Cn1c(=O)nc(Nc2ccc(Oc3ccon3)cc2)n(Cc2ccc(Cl)cc2)c1=O. The molecule has 0 aliphatic rings. The average molecular weight is 550 g/mol. The molecule has 198 valence electrons. The minimum atomic E-state index is -4.54. The van der Waals surface area contributed by atoms with Crippen molar-refractivity contribution >= 4 is 29.0 Å². The Balaban J connectivity index is 1.63. The molecule has 0 bridgehead atoms. The van der Waals surface area contributed by atoms with Crippen molar-refractivity contribution in [1.82, 2.24) is 19.3 Å². The summed E-state index contributed by atoms with van der Waals surface area (Å²) in [7, 11) is 0. The molecule has 0 aliphatic carbocycles. The third kappa shape index (κ3) is 7.09. The van der Waals surface area contributed by atoms with Gasteiger partial charge in [-0.3, -0.25) is 9.36 Å². The zero-order valence-corrected chi connectivity index (χ0v) is 20.2. The summed E-state index contributed by atoms with van der Waals surface area (Å²) in [6, 6.07) is 14.4. The predicted octanol–water partition coefficient (Wildman–Crippen LogP) is 4.54. The minimum absolute atomic E-state index is 0.0737. The Morgan fingerprint density at radius 1 is 1.03 bits per heavy atom. The summed E-state index contributed by atoms with van der Waals surface area (Å²) in [6.07, 6.45) is -5.42. The van der Waals surface area contributed by atoms with Crippen LogP contribution in [0.15, 0.2) is 75.0 Å². The van der Waals surface area contributed by atoms with E-state index in [-0.39, 0.29) is 18.4 Å². The molecule has 1 N–H and O–H groups in total. The van der Waals surface area contributed by atoms with Gasteiger partial charge in [-0.15, -0.1) is 0 Å². The zero-order chi connectivity index (χ0) is 27.3. The van der Waals surface area contributed by atoms with Gasteiger partial charge in [0.05, 0.1) is 19.5 Å². The van der Waals surface area contributed by atoms with Gasteiger partial charge in [0, 0.05) is 23.2 Å². The van der Waals surface area contributed by atoms with E-state index < -0.39 is 42.7 Å². The van der Waals surface area contributed by atoms with Gasteiger partial charge < -0.3 is 14.6 Å². The molecule has 2 aromatic heterocycles. The Morgan fingerprint density at radius 3 is 2.37 bits per heavy atom. The number of carbonyl (C=O) groups excluding carboxylic acids is 1. The highest BCUT2D eigenvalue weighted by Gasteiger charge is 2.28. The summed E-state index contributed by atoms with van der Waals surface area (Å²) >= 11 is 5.93. The lowest BCUT2D eigenvalue weighted by atomic mass is 10.2. The third-order valence-electron chi connectivity index (χ3n) is 5.17. The number of ketones is 1. The van der Waals surface area contributed by atoms with Crippen molar-refractivity contribution in [3.8, 4) is 11.6 Å². The van der Waals surface area contributed by atoms with Crippen molar-refractivity contribution in [2.45, 2.75) is 32.1 Å². The second kappa shape index (κ2) is 11.3. The van der Waals surface area contributed by atoms with Crippen LogP contribution in [0, 0.1) is 0 Å². The standard InChI is InChI=1S/C24H19ClF3N5O5/c25-16-3-1-15(2-4-16)13-32-21(29-17-5-7-19(8-6-17)38-20-10-12-37-31-20)30-22(35)33(23(32)36)14-18(34)9-11-24(26,27)28/h1-8,10,12H,9,11,13-14H2,(H,29,30,35). The van der Waals surface area contributed by atoms with Crippen molar-refractivity contribution in [2.24, 2.45) is 0 Å². The maximum absolute atomic E-state index is 13.3. The number of aromatic nitrogens is 4. The molecule has 2 heterocycles. The van der Waals surface area contributed by atoms with Crippen LogP contribution in [0.1, 0.15) is 18.4 Å². The normalized spacial score (nSPS) is 11.4. The van der Waals surface area contributed by atoms with Crippen molar-refractivity contribution in [2.75, 3.05) is 5.32 Å². The number of anilines is 2. The number of carbonyl (C=O) groups is 1. The van der Waals surface area contributed by atoms with Crippen molar-refractivity contribution in [1.29, 1.82) is 0 Å². The fraction of sp³-hybridized carbons (Fsp3) is 0.208. The monoisotopic (exact) mass is 549 g/mol. The van der Waals surface area contributed by atoms with E-state index >= 15 is 0 Å². The number of hydrogen-bond acceptors (Lipinski definition) is 8. The van der Waals surface area contributed by atoms with Gasteiger partial charge in [0.15, 0.2) is 5.78 Å². The van der Waals surface area contributed by atoms with Gasteiger partial charge in [0.1, 0.15) is 12.0 Å². The number of halogens is 4. The molecule has 0 spiro atoms. The van der Waals surface area contributed by atoms with E-state index in [1.807, 2.05) is 0 Å². The highest BCUT2D eigenvalue weighted by Crippen LogP contribution is 2.23. The number of nitrogens with zero attached hydrogens (tertiary/aromatic N) is 4. The van der Waals surface area contributed by atoms with Crippen LogP contribution in [0.3, 0.4) is 0 Å². The van der Waals surface area contributed by atoms with Crippen molar-refractivity contribution in [3.05, 3.63) is 92.4 Å². The number of ether oxygens (including phenoxy) is 1. The lowest BCUT2D eigenvalue weighted by molar-refractivity contribution is -0.143. The van der Waals surface area contributed by atoms with Gasteiger partial charge in [0.2, 0.25) is 5.95 Å². The molecule has 0 radical (unpaired) electrons. The second-order valence-electron chi connectivity index (χ2n) is 8.04. The first-order valence-electron chi connectivity index (χ1n) is 11.1. The lowest BCUT2D eigenvalue weighted by Crippen LogP contribution is -2.44. The highest BCUT2D eigenvalue weighted by atomic mass is 35.5. The van der Waals surface area contributed by atoms with Crippen molar-refractivity contribution < 1.29 is 27.2 Å². The maximum Gasteiger partial charge on any atom is 0.389 e. The zero-order valence-electron chi connectivity index (χ0n) is 19.4. The molecule has 4 aromatic rings. The number of hydrogen-bond donors (Lipinski definition) is 1. The Labute approximate surface area is 217 Å². The van der Waals surface area contributed by atoms with Crippen LogP contribution in [0.4, 0.5) is 24.8 Å². The highest BCUT2D eigenvalue weighted by molar-refractivity contribution is 6.30. The van der Waals surface area contributed by atoms with Gasteiger partial charge >= 0.3 is 17.6 Å². The molecule has 4 rings (SSSR count). The number of benzene rings is 2. The first-order chi connectivity index (χ1) is 18.1. The van der Waals surface area contributed by atoms with Crippen LogP contribution in [0.25, 0.3) is 0 Å². The molecule has 10 nitrogen and oxygen atoms in total. The molecule has 0 atom stereocenters. The molecule has 0 saturated heterocycles. The van der Waals surface area contributed by atoms with Gasteiger partial charge in [-0.2, -0.15) is 18.2 Å². The van der Waals surface area contributed by atoms with Gasteiger partial charge in [-0.25, -0.2) is 14.2 Å². The fourth-order valence-corrected chi connectivity index (χ4v) is 3.45. The summed E-state index contributed by atoms with van der Waals surface area (Å²) in [5, 5.41) is 6.99. The summed E-state index contributed by atoms with van der Waals surface area (Å²) in [6.45, 7) is -0.911. The Kier molecular flexibility index (Phi) is 7.96. The molecule has 2 aromatic carbocycles. The van der Waals surface area contributed by atoms with Crippen molar-refractivity contribution in [3.63, 3.8) is 0 Å². The maximum atomic E-state index is 13.3. The first-order valence-corrected chi connectivity index (χ1v) is 11.4. The Morgan fingerprint density at radius 2 is 1.74 bits per heavy atom. The van der Waals surface area contributed by atoms with E-state index in [1.165, 1.54) is 12.3 Å². The molecule has 14 heteroatoms. The summed E-state index contributed by atoms with van der Waals surface area (Å²) in [5.41, 5.74) is -0.955. The number of Topliss-reactive ketones (excluding diaryl/α,β-unsaturated/α-hetero) is 1. The van der Waals surface area contributed by atoms with Crippen LogP contribution >= 0.6 is 11.6 Å². The van der Waals surface area contributed by atoms with Crippen LogP contribution in [0.2, 0.25) is 5.02 Å². The molecular weight excluding hydrogens is 531 g/mol. The molecule has 0 amide bonds. The van der Waals surface area contributed by atoms with E-state index in [0.29, 0.717) is 26.6 Å². The smallest absolute Gasteiger partial charge is 0.389 e. The second-order valence-corrected chi connectivity index (χ2v) is 8.48. The van der Waals surface area contributed by atoms with E-state index in [1.54, 1.807) is 48.5 Å². The van der Waals surface area contributed by atoms with E-state index in [2.05, 4.69) is 15.5 Å². The topological polar surface area (TPSA) is 121 Å². The lowest BCUT2D eigenvalue weighted by Gasteiger charge is -2.16. The summed E-state index contributed by atoms with van der Waals surface area (Å²) in [4.78, 5) is 41.9. The van der Waals surface area contributed by atoms with Gasteiger partial charge in [-0.1, -0.05) is 23.7 Å². The molecule has 0 aliphatic heterocycles.